The summed E-state index contributed by atoms with van der Waals surface area (Å²) in [5, 5.41) is 2.61. The second-order valence-corrected chi connectivity index (χ2v) is 7.19. The van der Waals surface area contributed by atoms with Crippen LogP contribution < -0.4 is 10.0 Å². The van der Waals surface area contributed by atoms with Gasteiger partial charge in [0.1, 0.15) is 5.82 Å². The van der Waals surface area contributed by atoms with E-state index in [1.807, 2.05) is 6.26 Å². The van der Waals surface area contributed by atoms with Crippen LogP contribution in [0, 0.1) is 5.82 Å². The molecule has 2 N–H and O–H groups in total. The minimum atomic E-state index is -3.84. The molecule has 23 heavy (non-hydrogen) atoms. The Morgan fingerprint density at radius 3 is 2.35 bits per heavy atom. The van der Waals surface area contributed by atoms with Crippen molar-refractivity contribution in [3.05, 3.63) is 48.3 Å². The molecule has 8 heteroatoms. The zero-order chi connectivity index (χ0) is 17.0. The molecule has 0 saturated carbocycles. The van der Waals surface area contributed by atoms with Gasteiger partial charge >= 0.3 is 0 Å². The van der Waals surface area contributed by atoms with Crippen LogP contribution >= 0.6 is 11.8 Å². The molecule has 0 aliphatic carbocycles. The number of hydrogen-bond acceptors (Lipinski definition) is 4. The number of nitrogens with one attached hydrogen (secondary N) is 2. The molecule has 0 aliphatic heterocycles. The Morgan fingerprint density at radius 2 is 1.78 bits per heavy atom. The van der Waals surface area contributed by atoms with Gasteiger partial charge in [-0.3, -0.25) is 9.52 Å². The van der Waals surface area contributed by atoms with E-state index in [4.69, 9.17) is 0 Å². The number of hydrogen-bond donors (Lipinski definition) is 2. The Morgan fingerprint density at radius 1 is 1.13 bits per heavy atom. The summed E-state index contributed by atoms with van der Waals surface area (Å²) in [7, 11) is -3.84. The van der Waals surface area contributed by atoms with Crippen molar-refractivity contribution in [2.45, 2.75) is 16.7 Å². The Hall–Kier alpha value is -2.06. The zero-order valence-electron chi connectivity index (χ0n) is 12.5. The highest BCUT2D eigenvalue weighted by Gasteiger charge is 2.17. The van der Waals surface area contributed by atoms with Crippen molar-refractivity contribution in [3.8, 4) is 0 Å². The lowest BCUT2D eigenvalue weighted by molar-refractivity contribution is -0.114. The van der Waals surface area contributed by atoms with Gasteiger partial charge < -0.3 is 5.32 Å². The van der Waals surface area contributed by atoms with Crippen LogP contribution in [-0.4, -0.2) is 20.6 Å². The number of benzene rings is 2. The van der Waals surface area contributed by atoms with Crippen LogP contribution in [0.15, 0.2) is 52.3 Å². The molecular formula is C15H15FN2O3S2. The summed E-state index contributed by atoms with van der Waals surface area (Å²) in [4.78, 5) is 12.0. The molecule has 0 bridgehead atoms. The molecule has 0 saturated heterocycles. The number of thioether (sulfide) groups is 1. The van der Waals surface area contributed by atoms with E-state index in [2.05, 4.69) is 10.0 Å². The third-order valence-electron chi connectivity index (χ3n) is 2.89. The van der Waals surface area contributed by atoms with Crippen molar-refractivity contribution < 1.29 is 17.6 Å². The van der Waals surface area contributed by atoms with Crippen LogP contribution in [0.4, 0.5) is 15.8 Å². The van der Waals surface area contributed by atoms with Gasteiger partial charge in [0.2, 0.25) is 5.91 Å². The van der Waals surface area contributed by atoms with Gasteiger partial charge in [0.25, 0.3) is 10.0 Å². The number of anilines is 2. The fourth-order valence-electron chi connectivity index (χ4n) is 1.87. The maximum atomic E-state index is 12.9. The van der Waals surface area contributed by atoms with Crippen molar-refractivity contribution >= 4 is 39.1 Å². The summed E-state index contributed by atoms with van der Waals surface area (Å²) in [6.07, 6.45) is 1.82. The normalized spacial score (nSPS) is 11.1. The van der Waals surface area contributed by atoms with E-state index in [0.717, 1.165) is 17.0 Å². The first-order valence-electron chi connectivity index (χ1n) is 6.56. The van der Waals surface area contributed by atoms with E-state index in [9.17, 15) is 17.6 Å². The maximum Gasteiger partial charge on any atom is 0.261 e. The third-order valence-corrected chi connectivity index (χ3v) is 5.06. The number of rotatable bonds is 5. The summed E-state index contributed by atoms with van der Waals surface area (Å²) in [5.74, 6) is -0.744. The Labute approximate surface area is 138 Å². The molecule has 2 aromatic carbocycles. The Kier molecular flexibility index (Phi) is 5.27. The lowest BCUT2D eigenvalue weighted by Gasteiger charge is -2.12. The van der Waals surface area contributed by atoms with Crippen LogP contribution in [0.1, 0.15) is 6.92 Å². The van der Waals surface area contributed by atoms with Crippen molar-refractivity contribution in [1.82, 2.24) is 0 Å². The predicted molar refractivity (Wildman–Crippen MR) is 89.7 cm³/mol. The van der Waals surface area contributed by atoms with E-state index < -0.39 is 15.8 Å². The van der Waals surface area contributed by atoms with Crippen LogP contribution in [0.3, 0.4) is 0 Å². The van der Waals surface area contributed by atoms with Gasteiger partial charge in [-0.05, 0) is 48.7 Å². The van der Waals surface area contributed by atoms with Crippen molar-refractivity contribution in [1.29, 1.82) is 0 Å². The zero-order valence-corrected chi connectivity index (χ0v) is 14.1. The summed E-state index contributed by atoms with van der Waals surface area (Å²) in [6.45, 7) is 1.35. The van der Waals surface area contributed by atoms with Gasteiger partial charge in [-0.15, -0.1) is 11.8 Å². The van der Waals surface area contributed by atoms with Gasteiger partial charge in [0.05, 0.1) is 10.6 Å². The Bertz CT molecular complexity index is 821. The summed E-state index contributed by atoms with van der Waals surface area (Å²) in [6, 6.07) is 9.45. The molecule has 0 fully saturated rings. The van der Waals surface area contributed by atoms with Crippen molar-refractivity contribution in [2.24, 2.45) is 0 Å². The van der Waals surface area contributed by atoms with Gasteiger partial charge in [0.15, 0.2) is 0 Å². The summed E-state index contributed by atoms with van der Waals surface area (Å²) in [5.41, 5.74) is 0.674. The van der Waals surface area contributed by atoms with E-state index in [-0.39, 0.29) is 16.5 Å². The molecule has 5 nitrogen and oxygen atoms in total. The van der Waals surface area contributed by atoms with Gasteiger partial charge in [0, 0.05) is 17.5 Å². The minimum Gasteiger partial charge on any atom is -0.325 e. The van der Waals surface area contributed by atoms with E-state index in [1.165, 1.54) is 43.0 Å². The fourth-order valence-corrected chi connectivity index (χ4v) is 3.49. The van der Waals surface area contributed by atoms with Crippen LogP contribution in [0.2, 0.25) is 0 Å². The predicted octanol–water partition coefficient (Wildman–Crippen LogP) is 3.31. The molecule has 2 aromatic rings. The monoisotopic (exact) mass is 354 g/mol. The number of sulfonamides is 1. The molecule has 0 aromatic heterocycles. The molecule has 0 spiro atoms. The van der Waals surface area contributed by atoms with Gasteiger partial charge in [-0.1, -0.05) is 0 Å². The molecule has 122 valence electrons. The average molecular weight is 354 g/mol. The highest BCUT2D eigenvalue weighted by Crippen LogP contribution is 2.29. The lowest BCUT2D eigenvalue weighted by Crippen LogP contribution is -2.14. The smallest absolute Gasteiger partial charge is 0.261 e. The fraction of sp³-hybridized carbons (Fsp3) is 0.133. The van der Waals surface area contributed by atoms with Gasteiger partial charge in [-0.2, -0.15) is 0 Å². The molecule has 0 aliphatic rings. The maximum absolute atomic E-state index is 12.9. The number of amides is 1. The third kappa shape index (κ3) is 4.46. The van der Waals surface area contributed by atoms with E-state index in [1.54, 1.807) is 6.07 Å². The summed E-state index contributed by atoms with van der Waals surface area (Å²) >= 11 is 1.39. The quantitative estimate of drug-likeness (QED) is 0.808. The minimum absolute atomic E-state index is 0.00313. The standard InChI is InChI=1S/C15H15FN2O3S2/c1-10(19)17-14-9-13(7-8-15(14)22-2)23(20,21)18-12-5-3-11(16)4-6-12/h3-9,18H,1-2H3,(H,17,19). The number of carbonyl (C=O) groups excluding carboxylic acids is 1. The first kappa shape index (κ1) is 17.3. The van der Waals surface area contributed by atoms with Gasteiger partial charge in [-0.25, -0.2) is 12.8 Å². The van der Waals surface area contributed by atoms with E-state index in [0.29, 0.717) is 5.69 Å². The second-order valence-electron chi connectivity index (χ2n) is 4.66. The van der Waals surface area contributed by atoms with Crippen LogP contribution in [0.5, 0.6) is 0 Å². The highest BCUT2D eigenvalue weighted by molar-refractivity contribution is 7.98. The number of carbonyl (C=O) groups is 1. The highest BCUT2D eigenvalue weighted by atomic mass is 32.2. The first-order valence-corrected chi connectivity index (χ1v) is 9.26. The largest absolute Gasteiger partial charge is 0.325 e. The van der Waals surface area contributed by atoms with Crippen LogP contribution in [-0.2, 0) is 14.8 Å². The molecule has 0 atom stereocenters. The molecule has 2 rings (SSSR count). The molecule has 1 amide bonds. The van der Waals surface area contributed by atoms with Crippen molar-refractivity contribution in [3.63, 3.8) is 0 Å². The average Bonchev–Trinajstić information content (AvgIpc) is 2.49. The molecular weight excluding hydrogens is 339 g/mol. The first-order chi connectivity index (χ1) is 10.8. The Balaban J connectivity index is 2.35. The topological polar surface area (TPSA) is 75.3 Å². The van der Waals surface area contributed by atoms with E-state index >= 15 is 0 Å². The van der Waals surface area contributed by atoms with Crippen LogP contribution in [0.25, 0.3) is 0 Å². The summed E-state index contributed by atoms with van der Waals surface area (Å²) < 4.78 is 40.0. The molecule has 0 radical (unpaired) electrons. The molecule has 0 heterocycles. The van der Waals surface area contributed by atoms with Crippen molar-refractivity contribution in [2.75, 3.05) is 16.3 Å². The second kappa shape index (κ2) is 7.01. The SMILES string of the molecule is CSc1ccc(S(=O)(=O)Nc2ccc(F)cc2)cc1NC(C)=O. The number of halogens is 1. The molecule has 0 unspecified atom stereocenters. The lowest BCUT2D eigenvalue weighted by atomic mass is 10.3.